The van der Waals surface area contributed by atoms with Crippen LogP contribution in [0.2, 0.25) is 0 Å². The molecule has 3 rings (SSSR count). The molecule has 94 valence electrons. The van der Waals surface area contributed by atoms with Crippen molar-refractivity contribution in [1.82, 2.24) is 4.98 Å². The normalized spacial score (nSPS) is 11.2. The van der Waals surface area contributed by atoms with Crippen LogP contribution >= 0.6 is 11.3 Å². The van der Waals surface area contributed by atoms with Crippen molar-refractivity contribution >= 4 is 39.4 Å². The van der Waals surface area contributed by atoms with Gasteiger partial charge in [0.1, 0.15) is 5.01 Å². The number of anilines is 1. The van der Waals surface area contributed by atoms with E-state index in [2.05, 4.69) is 52.8 Å². The Morgan fingerprint density at radius 1 is 1.00 bits per heavy atom. The quantitative estimate of drug-likeness (QED) is 0.754. The molecule has 0 unspecified atom stereocenters. The van der Waals surface area contributed by atoms with Crippen molar-refractivity contribution in [2.45, 2.75) is 0 Å². The topological polar surface area (TPSA) is 24.9 Å². The number of thiazole rings is 1. The molecule has 0 aliphatic carbocycles. The highest BCUT2D eigenvalue weighted by molar-refractivity contribution is 7.19. The monoisotopic (exact) mass is 266 g/mol. The van der Waals surface area contributed by atoms with E-state index in [4.69, 9.17) is 0 Å². The van der Waals surface area contributed by atoms with Crippen molar-refractivity contribution in [3.05, 3.63) is 59.1 Å². The lowest BCUT2D eigenvalue weighted by molar-refractivity contribution is 1.46. The van der Waals surface area contributed by atoms with Crippen LogP contribution in [0, 0.1) is 0 Å². The molecule has 0 aliphatic heterocycles. The van der Waals surface area contributed by atoms with Gasteiger partial charge in [-0.2, -0.15) is 0 Å². The second-order valence-corrected chi connectivity index (χ2v) is 5.29. The standard InChI is InChI=1S/C16H14N2S/c1-17-13-9-6-12(7-10-13)8-11-16-18-14-4-2-3-5-15(14)19-16/h2-11,17H,1H3. The number of hydrogen-bond acceptors (Lipinski definition) is 3. The summed E-state index contributed by atoms with van der Waals surface area (Å²) >= 11 is 1.71. The lowest BCUT2D eigenvalue weighted by Crippen LogP contribution is -1.86. The van der Waals surface area contributed by atoms with Crippen LogP contribution in [-0.4, -0.2) is 12.0 Å². The van der Waals surface area contributed by atoms with Gasteiger partial charge in [0.05, 0.1) is 10.2 Å². The van der Waals surface area contributed by atoms with Gasteiger partial charge in [-0.1, -0.05) is 30.3 Å². The van der Waals surface area contributed by atoms with E-state index in [1.807, 2.05) is 25.2 Å². The maximum absolute atomic E-state index is 4.58. The fraction of sp³-hybridized carbons (Fsp3) is 0.0625. The molecule has 0 radical (unpaired) electrons. The van der Waals surface area contributed by atoms with Crippen molar-refractivity contribution in [3.63, 3.8) is 0 Å². The summed E-state index contributed by atoms with van der Waals surface area (Å²) in [4.78, 5) is 4.58. The Labute approximate surface area is 116 Å². The van der Waals surface area contributed by atoms with E-state index >= 15 is 0 Å². The number of nitrogens with zero attached hydrogens (tertiary/aromatic N) is 1. The molecule has 0 fully saturated rings. The average molecular weight is 266 g/mol. The first kappa shape index (κ1) is 11.9. The smallest absolute Gasteiger partial charge is 0.117 e. The summed E-state index contributed by atoms with van der Waals surface area (Å²) in [7, 11) is 1.92. The van der Waals surface area contributed by atoms with Crippen LogP contribution in [0.4, 0.5) is 5.69 Å². The number of benzene rings is 2. The van der Waals surface area contributed by atoms with Gasteiger partial charge in [-0.3, -0.25) is 0 Å². The maximum Gasteiger partial charge on any atom is 0.117 e. The summed E-state index contributed by atoms with van der Waals surface area (Å²) in [5.74, 6) is 0. The minimum absolute atomic E-state index is 1.04. The Hall–Kier alpha value is -2.13. The highest BCUT2D eigenvalue weighted by Crippen LogP contribution is 2.23. The molecular formula is C16H14N2S. The molecule has 0 aliphatic rings. The number of nitrogens with one attached hydrogen (secondary N) is 1. The van der Waals surface area contributed by atoms with Gasteiger partial charge in [0.25, 0.3) is 0 Å². The second kappa shape index (κ2) is 5.24. The third-order valence-corrected chi connectivity index (χ3v) is 3.93. The van der Waals surface area contributed by atoms with E-state index in [1.165, 1.54) is 10.3 Å². The van der Waals surface area contributed by atoms with Crippen LogP contribution in [0.25, 0.3) is 22.4 Å². The van der Waals surface area contributed by atoms with Crippen LogP contribution in [-0.2, 0) is 0 Å². The minimum atomic E-state index is 1.04. The molecule has 1 aromatic heterocycles. The molecule has 2 nitrogen and oxygen atoms in total. The zero-order chi connectivity index (χ0) is 13.1. The Bertz CT molecular complexity index is 678. The zero-order valence-corrected chi connectivity index (χ0v) is 11.4. The highest BCUT2D eigenvalue weighted by Gasteiger charge is 1.99. The zero-order valence-electron chi connectivity index (χ0n) is 10.6. The summed E-state index contributed by atoms with van der Waals surface area (Å²) in [6.45, 7) is 0. The number of para-hydroxylation sites is 1. The fourth-order valence-electron chi connectivity index (χ4n) is 1.89. The summed E-state index contributed by atoms with van der Waals surface area (Å²) in [6.07, 6.45) is 4.16. The fourth-order valence-corrected chi connectivity index (χ4v) is 2.76. The lowest BCUT2D eigenvalue weighted by Gasteiger charge is -1.98. The molecule has 0 amide bonds. The predicted molar refractivity (Wildman–Crippen MR) is 84.5 cm³/mol. The summed E-state index contributed by atoms with van der Waals surface area (Å²) in [5, 5.41) is 4.15. The maximum atomic E-state index is 4.58. The second-order valence-electron chi connectivity index (χ2n) is 4.23. The van der Waals surface area contributed by atoms with Crippen LogP contribution in [0.1, 0.15) is 10.6 Å². The molecule has 0 saturated carbocycles. The molecule has 1 heterocycles. The first-order valence-electron chi connectivity index (χ1n) is 6.16. The molecule has 1 N–H and O–H groups in total. The third-order valence-electron chi connectivity index (χ3n) is 2.93. The van der Waals surface area contributed by atoms with Gasteiger partial charge < -0.3 is 5.32 Å². The summed E-state index contributed by atoms with van der Waals surface area (Å²) in [6, 6.07) is 16.5. The van der Waals surface area contributed by atoms with Gasteiger partial charge in [-0.05, 0) is 35.9 Å². The number of rotatable bonds is 3. The Morgan fingerprint density at radius 3 is 2.53 bits per heavy atom. The highest BCUT2D eigenvalue weighted by atomic mass is 32.1. The van der Waals surface area contributed by atoms with Crippen molar-refractivity contribution in [3.8, 4) is 0 Å². The van der Waals surface area contributed by atoms with Crippen LogP contribution in [0.3, 0.4) is 0 Å². The summed E-state index contributed by atoms with van der Waals surface area (Å²) < 4.78 is 1.23. The van der Waals surface area contributed by atoms with Gasteiger partial charge in [0.15, 0.2) is 0 Å². The Balaban J connectivity index is 1.84. The Morgan fingerprint density at radius 2 is 1.79 bits per heavy atom. The molecule has 19 heavy (non-hydrogen) atoms. The van der Waals surface area contributed by atoms with Gasteiger partial charge >= 0.3 is 0 Å². The largest absolute Gasteiger partial charge is 0.388 e. The van der Waals surface area contributed by atoms with E-state index in [0.717, 1.165) is 16.2 Å². The molecule has 3 heteroatoms. The first-order valence-corrected chi connectivity index (χ1v) is 6.98. The first-order chi connectivity index (χ1) is 9.35. The number of fused-ring (bicyclic) bond motifs is 1. The van der Waals surface area contributed by atoms with Crippen molar-refractivity contribution in [2.75, 3.05) is 12.4 Å². The molecule has 0 bridgehead atoms. The molecule has 0 atom stereocenters. The molecule has 3 aromatic rings. The van der Waals surface area contributed by atoms with Crippen LogP contribution in [0.5, 0.6) is 0 Å². The van der Waals surface area contributed by atoms with Gasteiger partial charge in [-0.15, -0.1) is 11.3 Å². The van der Waals surface area contributed by atoms with Crippen molar-refractivity contribution < 1.29 is 0 Å². The van der Waals surface area contributed by atoms with E-state index in [1.54, 1.807) is 11.3 Å². The van der Waals surface area contributed by atoms with E-state index in [-0.39, 0.29) is 0 Å². The molecule has 2 aromatic carbocycles. The third kappa shape index (κ3) is 2.66. The minimum Gasteiger partial charge on any atom is -0.388 e. The number of aromatic nitrogens is 1. The van der Waals surface area contributed by atoms with Gasteiger partial charge in [0, 0.05) is 12.7 Å². The van der Waals surface area contributed by atoms with Gasteiger partial charge in [-0.25, -0.2) is 4.98 Å². The predicted octanol–water partition coefficient (Wildman–Crippen LogP) is 4.51. The van der Waals surface area contributed by atoms with Gasteiger partial charge in [0.2, 0.25) is 0 Å². The average Bonchev–Trinajstić information content (AvgIpc) is 2.88. The lowest BCUT2D eigenvalue weighted by atomic mass is 10.2. The van der Waals surface area contributed by atoms with Crippen molar-refractivity contribution in [2.24, 2.45) is 0 Å². The van der Waals surface area contributed by atoms with Crippen LogP contribution < -0.4 is 5.32 Å². The van der Waals surface area contributed by atoms with E-state index < -0.39 is 0 Å². The molecule has 0 saturated heterocycles. The van der Waals surface area contributed by atoms with Crippen molar-refractivity contribution in [1.29, 1.82) is 0 Å². The van der Waals surface area contributed by atoms with E-state index in [9.17, 15) is 0 Å². The molecular weight excluding hydrogens is 252 g/mol. The summed E-state index contributed by atoms with van der Waals surface area (Å²) in [5.41, 5.74) is 3.37. The van der Waals surface area contributed by atoms with E-state index in [0.29, 0.717) is 0 Å². The number of hydrogen-bond donors (Lipinski definition) is 1. The van der Waals surface area contributed by atoms with Crippen LogP contribution in [0.15, 0.2) is 48.5 Å². The SMILES string of the molecule is CNc1ccc(C=Cc2nc3ccccc3s2)cc1. The molecule has 0 spiro atoms. The Kier molecular flexibility index (Phi) is 3.29.